The third kappa shape index (κ3) is 4.63. The molecule has 6 nitrogen and oxygen atoms in total. The number of ether oxygens (including phenoxy) is 1. The monoisotopic (exact) mass is 339 g/mol. The lowest BCUT2D eigenvalue weighted by atomic mass is 10.1. The summed E-state index contributed by atoms with van der Waals surface area (Å²) in [6.45, 7) is 0.685. The van der Waals surface area contributed by atoms with E-state index < -0.39 is 0 Å². The fraction of sp³-hybridized carbons (Fsp3) is 0.167. The molecule has 1 heterocycles. The largest absolute Gasteiger partial charge is 0.497 e. The van der Waals surface area contributed by atoms with Crippen LogP contribution in [0.3, 0.4) is 0 Å². The fourth-order valence-corrected chi connectivity index (χ4v) is 2.25. The number of aromatic nitrogens is 3. The Labute approximate surface area is 145 Å². The number of methoxy groups -OCH3 is 1. The summed E-state index contributed by atoms with van der Waals surface area (Å²) in [5.74, 6) is 1.27. The van der Waals surface area contributed by atoms with E-state index in [0.29, 0.717) is 18.1 Å². The van der Waals surface area contributed by atoms with Gasteiger partial charge in [-0.05, 0) is 36.2 Å². The first-order valence-electron chi connectivity index (χ1n) is 7.82. The van der Waals surface area contributed by atoms with Crippen LogP contribution in [0.15, 0.2) is 54.7 Å². The van der Waals surface area contributed by atoms with Crippen molar-refractivity contribution >= 4 is 17.5 Å². The van der Waals surface area contributed by atoms with E-state index in [4.69, 9.17) is 4.74 Å². The second-order valence-electron chi connectivity index (χ2n) is 5.29. The second kappa shape index (κ2) is 8.05. The van der Waals surface area contributed by atoms with Crippen molar-refractivity contribution in [1.82, 2.24) is 15.2 Å². The van der Waals surface area contributed by atoms with Gasteiger partial charge >= 0.3 is 0 Å². The van der Waals surface area contributed by atoms with Gasteiger partial charge in [-0.25, -0.2) is 4.39 Å². The normalized spacial score (nSPS) is 10.3. The maximum absolute atomic E-state index is 13.7. The second-order valence-corrected chi connectivity index (χ2v) is 5.29. The van der Waals surface area contributed by atoms with E-state index in [1.165, 1.54) is 17.8 Å². The SMILES string of the molecule is COc1ccc(CCNc2cnnc(Nc3ccccc3F)n2)cc1. The Hall–Kier alpha value is -3.22. The zero-order valence-electron chi connectivity index (χ0n) is 13.7. The van der Waals surface area contributed by atoms with Crippen molar-refractivity contribution < 1.29 is 9.13 Å². The Morgan fingerprint density at radius 1 is 1.08 bits per heavy atom. The predicted octanol–water partition coefficient (Wildman–Crippen LogP) is 3.42. The number of halogens is 1. The molecule has 1 aromatic heterocycles. The molecule has 0 amide bonds. The summed E-state index contributed by atoms with van der Waals surface area (Å²) >= 11 is 0. The summed E-state index contributed by atoms with van der Waals surface area (Å²) in [5, 5.41) is 13.8. The van der Waals surface area contributed by atoms with E-state index in [0.717, 1.165) is 12.2 Å². The first-order chi connectivity index (χ1) is 12.2. The Balaban J connectivity index is 1.57. The van der Waals surface area contributed by atoms with Gasteiger partial charge in [-0.15, -0.1) is 5.10 Å². The molecule has 0 aliphatic carbocycles. The fourth-order valence-electron chi connectivity index (χ4n) is 2.25. The molecule has 0 aliphatic rings. The molecular weight excluding hydrogens is 321 g/mol. The first-order valence-corrected chi connectivity index (χ1v) is 7.82. The number of para-hydroxylation sites is 1. The minimum Gasteiger partial charge on any atom is -0.497 e. The van der Waals surface area contributed by atoms with Gasteiger partial charge < -0.3 is 15.4 Å². The highest BCUT2D eigenvalue weighted by atomic mass is 19.1. The molecule has 7 heteroatoms. The van der Waals surface area contributed by atoms with Gasteiger partial charge in [0.1, 0.15) is 11.6 Å². The van der Waals surface area contributed by atoms with Crippen molar-refractivity contribution in [2.45, 2.75) is 6.42 Å². The zero-order chi connectivity index (χ0) is 17.5. The Morgan fingerprint density at radius 2 is 1.88 bits per heavy atom. The maximum Gasteiger partial charge on any atom is 0.249 e. The summed E-state index contributed by atoms with van der Waals surface area (Å²) in [6.07, 6.45) is 2.35. The highest BCUT2D eigenvalue weighted by molar-refractivity contribution is 5.54. The van der Waals surface area contributed by atoms with Crippen LogP contribution >= 0.6 is 0 Å². The first kappa shape index (κ1) is 16.6. The molecule has 0 unspecified atom stereocenters. The van der Waals surface area contributed by atoms with Crippen LogP contribution in [0.1, 0.15) is 5.56 Å². The van der Waals surface area contributed by atoms with Gasteiger partial charge in [0.15, 0.2) is 5.82 Å². The quantitative estimate of drug-likeness (QED) is 0.687. The van der Waals surface area contributed by atoms with Crippen LogP contribution in [0.2, 0.25) is 0 Å². The molecule has 3 aromatic rings. The standard InChI is InChI=1S/C18H18FN5O/c1-25-14-8-6-13(7-9-14)10-11-20-17-12-21-24-18(23-17)22-16-5-3-2-4-15(16)19/h2-9,12H,10-11H2,1H3,(H2,20,22,23,24). The molecule has 0 saturated carbocycles. The summed E-state index contributed by atoms with van der Waals surface area (Å²) in [4.78, 5) is 4.29. The molecule has 0 spiro atoms. The molecule has 0 fully saturated rings. The highest BCUT2D eigenvalue weighted by Crippen LogP contribution is 2.17. The molecule has 0 radical (unpaired) electrons. The topological polar surface area (TPSA) is 72.0 Å². The molecule has 2 aromatic carbocycles. The number of hydrogen-bond donors (Lipinski definition) is 2. The van der Waals surface area contributed by atoms with Gasteiger partial charge in [0, 0.05) is 6.54 Å². The van der Waals surface area contributed by atoms with Crippen molar-refractivity contribution in [3.8, 4) is 5.75 Å². The lowest BCUT2D eigenvalue weighted by Crippen LogP contribution is -2.09. The average Bonchev–Trinajstić information content (AvgIpc) is 2.65. The van der Waals surface area contributed by atoms with Crippen molar-refractivity contribution in [2.75, 3.05) is 24.3 Å². The molecule has 0 bridgehead atoms. The Kier molecular flexibility index (Phi) is 5.36. The van der Waals surface area contributed by atoms with E-state index in [1.54, 1.807) is 25.3 Å². The number of nitrogens with zero attached hydrogens (tertiary/aromatic N) is 3. The molecule has 0 aliphatic heterocycles. The van der Waals surface area contributed by atoms with Gasteiger partial charge in [0.25, 0.3) is 0 Å². The van der Waals surface area contributed by atoms with Crippen LogP contribution in [0.4, 0.5) is 21.8 Å². The smallest absolute Gasteiger partial charge is 0.249 e. The number of hydrogen-bond acceptors (Lipinski definition) is 6. The number of rotatable bonds is 7. The molecule has 2 N–H and O–H groups in total. The molecule has 0 saturated heterocycles. The lowest BCUT2D eigenvalue weighted by Gasteiger charge is -2.08. The van der Waals surface area contributed by atoms with Gasteiger partial charge in [0.05, 0.1) is 19.0 Å². The highest BCUT2D eigenvalue weighted by Gasteiger charge is 2.05. The van der Waals surface area contributed by atoms with Crippen molar-refractivity contribution in [3.63, 3.8) is 0 Å². The summed E-state index contributed by atoms with van der Waals surface area (Å²) in [5.41, 5.74) is 1.49. The predicted molar refractivity (Wildman–Crippen MR) is 94.7 cm³/mol. The van der Waals surface area contributed by atoms with Crippen molar-refractivity contribution in [1.29, 1.82) is 0 Å². The Bertz CT molecular complexity index is 826. The molecule has 0 atom stereocenters. The molecular formula is C18H18FN5O. The minimum atomic E-state index is -0.371. The average molecular weight is 339 g/mol. The van der Waals surface area contributed by atoms with E-state index in [-0.39, 0.29) is 11.8 Å². The van der Waals surface area contributed by atoms with E-state index >= 15 is 0 Å². The van der Waals surface area contributed by atoms with Crippen LogP contribution in [0, 0.1) is 5.82 Å². The van der Waals surface area contributed by atoms with Gasteiger partial charge in [-0.3, -0.25) is 0 Å². The molecule has 128 valence electrons. The minimum absolute atomic E-state index is 0.236. The van der Waals surface area contributed by atoms with Crippen LogP contribution in [0.25, 0.3) is 0 Å². The van der Waals surface area contributed by atoms with Gasteiger partial charge in [0.2, 0.25) is 5.95 Å². The van der Waals surface area contributed by atoms with Crippen molar-refractivity contribution in [3.05, 3.63) is 66.1 Å². The molecule has 3 rings (SSSR count). The number of benzene rings is 2. The number of anilines is 3. The van der Waals surface area contributed by atoms with Crippen molar-refractivity contribution in [2.24, 2.45) is 0 Å². The summed E-state index contributed by atoms with van der Waals surface area (Å²) in [7, 11) is 1.64. The lowest BCUT2D eigenvalue weighted by molar-refractivity contribution is 0.414. The van der Waals surface area contributed by atoms with Gasteiger partial charge in [-0.2, -0.15) is 10.1 Å². The summed E-state index contributed by atoms with van der Waals surface area (Å²) in [6, 6.07) is 14.2. The maximum atomic E-state index is 13.7. The van der Waals surface area contributed by atoms with Crippen LogP contribution in [0.5, 0.6) is 5.75 Å². The molecule has 25 heavy (non-hydrogen) atoms. The van der Waals surface area contributed by atoms with E-state index in [9.17, 15) is 4.39 Å². The third-order valence-electron chi connectivity index (χ3n) is 3.56. The zero-order valence-corrected chi connectivity index (χ0v) is 13.7. The van der Waals surface area contributed by atoms with Crippen LogP contribution in [-0.4, -0.2) is 28.8 Å². The van der Waals surface area contributed by atoms with Crippen LogP contribution in [-0.2, 0) is 6.42 Å². The van der Waals surface area contributed by atoms with E-state index in [1.807, 2.05) is 24.3 Å². The van der Waals surface area contributed by atoms with Gasteiger partial charge in [-0.1, -0.05) is 24.3 Å². The Morgan fingerprint density at radius 3 is 2.64 bits per heavy atom. The van der Waals surface area contributed by atoms with E-state index in [2.05, 4.69) is 25.8 Å². The third-order valence-corrected chi connectivity index (χ3v) is 3.56. The van der Waals surface area contributed by atoms with Crippen LogP contribution < -0.4 is 15.4 Å². The number of nitrogens with one attached hydrogen (secondary N) is 2. The summed E-state index contributed by atoms with van der Waals surface area (Å²) < 4.78 is 18.8.